The van der Waals surface area contributed by atoms with Crippen molar-refractivity contribution in [3.63, 3.8) is 0 Å². The molecule has 0 saturated carbocycles. The maximum Gasteiger partial charge on any atom is 0.253 e. The van der Waals surface area contributed by atoms with Crippen molar-refractivity contribution >= 4 is 33.4 Å². The van der Waals surface area contributed by atoms with E-state index in [2.05, 4.69) is 31.4 Å². The van der Waals surface area contributed by atoms with Gasteiger partial charge in [0, 0.05) is 40.8 Å². The highest BCUT2D eigenvalue weighted by atomic mass is 79.9. The number of carbonyl (C=O) groups excluding carboxylic acids is 2. The number of halogens is 1. The second kappa shape index (κ2) is 9.43. The molecule has 0 aliphatic carbocycles. The van der Waals surface area contributed by atoms with Gasteiger partial charge in [0.15, 0.2) is 0 Å². The number of carbonyl (C=O) groups is 2. The van der Waals surface area contributed by atoms with Gasteiger partial charge in [0.2, 0.25) is 17.6 Å². The molecule has 2 aromatic carbocycles. The Kier molecular flexibility index (Phi) is 6.46. The maximum atomic E-state index is 12.9. The molecule has 1 N–H and O–H groups in total. The fraction of sp³-hybridized carbons (Fsp3) is 0.304. The van der Waals surface area contributed by atoms with Gasteiger partial charge in [-0.3, -0.25) is 9.59 Å². The molecule has 3 aromatic rings. The maximum absolute atomic E-state index is 12.9. The number of anilines is 1. The molecule has 1 saturated heterocycles. The topological polar surface area (TPSA) is 88.3 Å². The lowest BCUT2D eigenvalue weighted by atomic mass is 9.97. The number of hydrogen-bond acceptors (Lipinski definition) is 5. The van der Waals surface area contributed by atoms with Gasteiger partial charge >= 0.3 is 0 Å². The van der Waals surface area contributed by atoms with Gasteiger partial charge in [-0.1, -0.05) is 40.1 Å². The number of nitrogens with zero attached hydrogens (tertiary/aromatic N) is 3. The van der Waals surface area contributed by atoms with Gasteiger partial charge in [-0.15, -0.1) is 0 Å². The molecule has 0 unspecified atom stereocenters. The first kappa shape index (κ1) is 21.2. The lowest BCUT2D eigenvalue weighted by molar-refractivity contribution is -0.115. The van der Waals surface area contributed by atoms with E-state index >= 15 is 0 Å². The van der Waals surface area contributed by atoms with E-state index in [1.807, 2.05) is 53.4 Å². The molecule has 1 aromatic heterocycles. The molecule has 1 aliphatic rings. The number of amides is 2. The lowest BCUT2D eigenvalue weighted by Gasteiger charge is -2.31. The molecule has 31 heavy (non-hydrogen) atoms. The number of piperidine rings is 1. The predicted molar refractivity (Wildman–Crippen MR) is 121 cm³/mol. The van der Waals surface area contributed by atoms with Crippen LogP contribution in [0.25, 0.3) is 11.4 Å². The summed E-state index contributed by atoms with van der Waals surface area (Å²) >= 11 is 3.40. The summed E-state index contributed by atoms with van der Waals surface area (Å²) in [5.41, 5.74) is 2.13. The van der Waals surface area contributed by atoms with E-state index in [0.29, 0.717) is 42.5 Å². The largest absolute Gasteiger partial charge is 0.339 e. The number of rotatable bonds is 5. The minimum Gasteiger partial charge on any atom is -0.339 e. The van der Waals surface area contributed by atoms with Crippen LogP contribution in [0.3, 0.4) is 0 Å². The predicted octanol–water partition coefficient (Wildman–Crippen LogP) is 4.87. The highest BCUT2D eigenvalue weighted by Gasteiger charge is 2.29. The Morgan fingerprint density at radius 1 is 1.23 bits per heavy atom. The summed E-state index contributed by atoms with van der Waals surface area (Å²) in [6.07, 6.45) is 2.18. The van der Waals surface area contributed by atoms with Crippen LogP contribution in [0.5, 0.6) is 0 Å². The monoisotopic (exact) mass is 482 g/mol. The average molecular weight is 483 g/mol. The van der Waals surface area contributed by atoms with Crippen LogP contribution in [0.15, 0.2) is 57.5 Å². The lowest BCUT2D eigenvalue weighted by Crippen LogP contribution is -2.39. The first-order valence-corrected chi connectivity index (χ1v) is 11.1. The quantitative estimate of drug-likeness (QED) is 0.560. The number of likely N-dealkylation sites (tertiary alicyclic amines) is 1. The van der Waals surface area contributed by atoms with E-state index < -0.39 is 0 Å². The standard InChI is InChI=1S/C23H23BrN4O3/c1-2-20(29)25-19-7-3-5-16(13-19)21-26-22(31-27-21)17-6-4-12-28(14-17)23(30)15-8-10-18(24)11-9-15/h3,5,7-11,13,17H,2,4,6,12,14H2,1H3,(H,25,29)/t17-/m1/s1. The third-order valence-electron chi connectivity index (χ3n) is 5.32. The Morgan fingerprint density at radius 2 is 2.03 bits per heavy atom. The summed E-state index contributed by atoms with van der Waals surface area (Å²) in [7, 11) is 0. The van der Waals surface area contributed by atoms with Crippen LogP contribution in [-0.2, 0) is 4.79 Å². The normalized spacial score (nSPS) is 16.2. The van der Waals surface area contributed by atoms with Crippen molar-refractivity contribution in [2.24, 2.45) is 0 Å². The zero-order chi connectivity index (χ0) is 21.8. The molecule has 2 heterocycles. The molecular formula is C23H23BrN4O3. The summed E-state index contributed by atoms with van der Waals surface area (Å²) in [6, 6.07) is 14.8. The zero-order valence-corrected chi connectivity index (χ0v) is 18.8. The fourth-order valence-corrected chi connectivity index (χ4v) is 3.91. The number of nitrogens with one attached hydrogen (secondary N) is 1. The Balaban J connectivity index is 1.47. The first-order chi connectivity index (χ1) is 15.0. The highest BCUT2D eigenvalue weighted by Crippen LogP contribution is 2.29. The molecule has 0 spiro atoms. The van der Waals surface area contributed by atoms with Gasteiger partial charge in [-0.2, -0.15) is 4.98 Å². The second-order valence-corrected chi connectivity index (χ2v) is 8.45. The van der Waals surface area contributed by atoms with E-state index in [9.17, 15) is 9.59 Å². The first-order valence-electron chi connectivity index (χ1n) is 10.3. The molecule has 8 heteroatoms. The summed E-state index contributed by atoms with van der Waals surface area (Å²) in [4.78, 5) is 31.0. The summed E-state index contributed by atoms with van der Waals surface area (Å²) in [6.45, 7) is 3.06. The van der Waals surface area contributed by atoms with Gasteiger partial charge in [0.05, 0.1) is 5.92 Å². The minimum atomic E-state index is -0.0521. The second-order valence-electron chi connectivity index (χ2n) is 7.54. The Bertz CT molecular complexity index is 1080. The van der Waals surface area contributed by atoms with E-state index in [-0.39, 0.29) is 17.7 Å². The van der Waals surface area contributed by atoms with Crippen molar-refractivity contribution in [1.82, 2.24) is 15.0 Å². The van der Waals surface area contributed by atoms with Crippen molar-refractivity contribution in [2.45, 2.75) is 32.1 Å². The number of benzene rings is 2. The van der Waals surface area contributed by atoms with Crippen LogP contribution in [-0.4, -0.2) is 39.9 Å². The van der Waals surface area contributed by atoms with Crippen LogP contribution < -0.4 is 5.32 Å². The number of hydrogen-bond donors (Lipinski definition) is 1. The van der Waals surface area contributed by atoms with Crippen LogP contribution in [0.4, 0.5) is 5.69 Å². The molecular weight excluding hydrogens is 460 g/mol. The van der Waals surface area contributed by atoms with Crippen LogP contribution in [0.1, 0.15) is 48.4 Å². The van der Waals surface area contributed by atoms with Gasteiger partial charge in [-0.25, -0.2) is 0 Å². The van der Waals surface area contributed by atoms with Gasteiger partial charge in [0.25, 0.3) is 5.91 Å². The van der Waals surface area contributed by atoms with Crippen molar-refractivity contribution < 1.29 is 14.1 Å². The summed E-state index contributed by atoms with van der Waals surface area (Å²) < 4.78 is 6.50. The zero-order valence-electron chi connectivity index (χ0n) is 17.2. The van der Waals surface area contributed by atoms with Crippen LogP contribution in [0, 0.1) is 0 Å². The third kappa shape index (κ3) is 5.02. The molecule has 2 amide bonds. The van der Waals surface area contributed by atoms with Crippen LogP contribution in [0.2, 0.25) is 0 Å². The number of aromatic nitrogens is 2. The molecule has 1 aliphatic heterocycles. The molecule has 0 bridgehead atoms. The van der Waals surface area contributed by atoms with Crippen molar-refractivity contribution in [3.8, 4) is 11.4 Å². The smallest absolute Gasteiger partial charge is 0.253 e. The van der Waals surface area contributed by atoms with Gasteiger partial charge < -0.3 is 14.7 Å². The van der Waals surface area contributed by atoms with Crippen molar-refractivity contribution in [3.05, 3.63) is 64.5 Å². The van der Waals surface area contributed by atoms with E-state index in [4.69, 9.17) is 4.52 Å². The van der Waals surface area contributed by atoms with Crippen molar-refractivity contribution in [1.29, 1.82) is 0 Å². The Morgan fingerprint density at radius 3 is 2.81 bits per heavy atom. The van der Waals surface area contributed by atoms with Crippen LogP contribution >= 0.6 is 15.9 Å². The average Bonchev–Trinajstić information content (AvgIpc) is 3.30. The molecule has 7 nitrogen and oxygen atoms in total. The molecule has 0 radical (unpaired) electrons. The van der Waals surface area contributed by atoms with Crippen molar-refractivity contribution in [2.75, 3.05) is 18.4 Å². The van der Waals surface area contributed by atoms with E-state index in [1.165, 1.54) is 0 Å². The highest BCUT2D eigenvalue weighted by molar-refractivity contribution is 9.10. The van der Waals surface area contributed by atoms with E-state index in [1.54, 1.807) is 6.92 Å². The Hall–Kier alpha value is -3.00. The summed E-state index contributed by atoms with van der Waals surface area (Å²) in [5.74, 6) is 0.961. The van der Waals surface area contributed by atoms with E-state index in [0.717, 1.165) is 22.9 Å². The SMILES string of the molecule is CCC(=O)Nc1cccc(-c2noc([C@@H]3CCCN(C(=O)c4ccc(Br)cc4)C3)n2)c1. The Labute approximate surface area is 189 Å². The molecule has 1 atom stereocenters. The molecule has 1 fully saturated rings. The third-order valence-corrected chi connectivity index (χ3v) is 5.85. The summed E-state index contributed by atoms with van der Waals surface area (Å²) in [5, 5.41) is 6.97. The molecule has 4 rings (SSSR count). The van der Waals surface area contributed by atoms with Gasteiger partial charge in [-0.05, 0) is 49.2 Å². The van der Waals surface area contributed by atoms with Gasteiger partial charge in [0.1, 0.15) is 0 Å². The minimum absolute atomic E-state index is 0.00243. The molecule has 160 valence electrons. The fourth-order valence-electron chi connectivity index (χ4n) is 3.64.